The molecule has 1 aromatic rings. The molecule has 1 rings (SSSR count). The van der Waals surface area contributed by atoms with E-state index in [4.69, 9.17) is 10.5 Å². The van der Waals surface area contributed by atoms with Crippen LogP contribution in [-0.4, -0.2) is 13.2 Å². The van der Waals surface area contributed by atoms with Crippen molar-refractivity contribution in [3.8, 4) is 5.75 Å². The van der Waals surface area contributed by atoms with Gasteiger partial charge in [0.15, 0.2) is 0 Å². The van der Waals surface area contributed by atoms with Gasteiger partial charge in [0.25, 0.3) is 0 Å². The van der Waals surface area contributed by atoms with E-state index in [1.165, 1.54) is 0 Å². The summed E-state index contributed by atoms with van der Waals surface area (Å²) in [5.41, 5.74) is 5.28. The largest absolute Gasteiger partial charge is 0.492 e. The van der Waals surface area contributed by atoms with Crippen LogP contribution in [0.2, 0.25) is 0 Å². The first-order chi connectivity index (χ1) is 6.33. The van der Waals surface area contributed by atoms with Crippen LogP contribution in [0, 0.1) is 0 Å². The molecular formula is C10H16BrNO. The van der Waals surface area contributed by atoms with Crippen molar-refractivity contribution in [3.05, 3.63) is 28.7 Å². The minimum atomic E-state index is 0.548. The van der Waals surface area contributed by atoms with Crippen molar-refractivity contribution in [2.45, 2.75) is 13.8 Å². The summed E-state index contributed by atoms with van der Waals surface area (Å²) in [6, 6.07) is 7.70. The molecule has 0 radical (unpaired) electrons. The van der Waals surface area contributed by atoms with Gasteiger partial charge in [0.2, 0.25) is 0 Å². The predicted molar refractivity (Wildman–Crippen MR) is 60.0 cm³/mol. The molecule has 2 N–H and O–H groups in total. The van der Waals surface area contributed by atoms with Gasteiger partial charge in [-0.25, -0.2) is 0 Å². The molecule has 13 heavy (non-hydrogen) atoms. The highest BCUT2D eigenvalue weighted by Gasteiger charge is 1.91. The molecule has 2 nitrogen and oxygen atoms in total. The fraction of sp³-hybridized carbons (Fsp3) is 0.400. The second kappa shape index (κ2) is 8.08. The van der Waals surface area contributed by atoms with Crippen LogP contribution in [-0.2, 0) is 0 Å². The molecule has 0 atom stereocenters. The van der Waals surface area contributed by atoms with Crippen molar-refractivity contribution in [2.24, 2.45) is 5.73 Å². The van der Waals surface area contributed by atoms with Crippen molar-refractivity contribution in [1.29, 1.82) is 0 Å². The molecule has 0 heterocycles. The molecule has 0 aliphatic heterocycles. The van der Waals surface area contributed by atoms with Crippen molar-refractivity contribution >= 4 is 15.9 Å². The van der Waals surface area contributed by atoms with E-state index in [0.717, 1.165) is 10.2 Å². The summed E-state index contributed by atoms with van der Waals surface area (Å²) in [5, 5.41) is 0. The van der Waals surface area contributed by atoms with Crippen LogP contribution in [0.3, 0.4) is 0 Å². The second-order valence-electron chi connectivity index (χ2n) is 2.09. The van der Waals surface area contributed by atoms with Crippen LogP contribution in [0.5, 0.6) is 5.75 Å². The van der Waals surface area contributed by atoms with Crippen LogP contribution in [0.1, 0.15) is 13.8 Å². The second-order valence-corrected chi connectivity index (χ2v) is 3.01. The van der Waals surface area contributed by atoms with E-state index in [0.29, 0.717) is 13.2 Å². The highest BCUT2D eigenvalue weighted by Crippen LogP contribution is 2.17. The summed E-state index contributed by atoms with van der Waals surface area (Å²) >= 11 is 3.34. The highest BCUT2D eigenvalue weighted by molar-refractivity contribution is 9.10. The smallest absolute Gasteiger partial charge is 0.120 e. The van der Waals surface area contributed by atoms with Gasteiger partial charge in [0.05, 0.1) is 0 Å². The monoisotopic (exact) mass is 245 g/mol. The average molecular weight is 246 g/mol. The van der Waals surface area contributed by atoms with Gasteiger partial charge in [-0.15, -0.1) is 0 Å². The molecule has 0 spiro atoms. The van der Waals surface area contributed by atoms with Crippen molar-refractivity contribution < 1.29 is 4.74 Å². The van der Waals surface area contributed by atoms with Crippen molar-refractivity contribution in [2.75, 3.05) is 13.2 Å². The molecular weight excluding hydrogens is 230 g/mol. The number of hydrogen-bond donors (Lipinski definition) is 1. The van der Waals surface area contributed by atoms with Gasteiger partial charge in [-0.2, -0.15) is 0 Å². The van der Waals surface area contributed by atoms with Gasteiger partial charge in [0, 0.05) is 11.0 Å². The maximum absolute atomic E-state index is 5.28. The van der Waals surface area contributed by atoms with Crippen LogP contribution >= 0.6 is 15.9 Å². The Kier molecular flexibility index (Phi) is 7.74. The molecule has 3 heteroatoms. The molecule has 0 amide bonds. The zero-order chi connectivity index (χ0) is 10.1. The van der Waals surface area contributed by atoms with Crippen LogP contribution in [0.4, 0.5) is 0 Å². The summed E-state index contributed by atoms with van der Waals surface area (Å²) in [6.07, 6.45) is 0. The van der Waals surface area contributed by atoms with E-state index in [2.05, 4.69) is 15.9 Å². The Morgan fingerprint density at radius 2 is 2.08 bits per heavy atom. The van der Waals surface area contributed by atoms with Gasteiger partial charge in [-0.05, 0) is 18.2 Å². The van der Waals surface area contributed by atoms with E-state index < -0.39 is 0 Å². The van der Waals surface area contributed by atoms with E-state index >= 15 is 0 Å². The summed E-state index contributed by atoms with van der Waals surface area (Å²) in [4.78, 5) is 0. The molecule has 1 aromatic carbocycles. The maximum Gasteiger partial charge on any atom is 0.120 e. The number of nitrogens with two attached hydrogens (primary N) is 1. The van der Waals surface area contributed by atoms with Gasteiger partial charge in [0.1, 0.15) is 12.4 Å². The first-order valence-corrected chi connectivity index (χ1v) is 5.20. The Morgan fingerprint density at radius 3 is 2.62 bits per heavy atom. The molecule has 74 valence electrons. The number of rotatable bonds is 3. The Balaban J connectivity index is 0.000000671. The molecule has 0 fully saturated rings. The first-order valence-electron chi connectivity index (χ1n) is 4.41. The Morgan fingerprint density at radius 1 is 1.38 bits per heavy atom. The van der Waals surface area contributed by atoms with E-state index in [9.17, 15) is 0 Å². The lowest BCUT2D eigenvalue weighted by molar-refractivity contribution is 0.328. The maximum atomic E-state index is 5.28. The first kappa shape index (κ1) is 12.5. The standard InChI is InChI=1S/C8H10BrNO.C2H6/c9-7-2-1-3-8(6-7)11-5-4-10;1-2/h1-3,6H,4-5,10H2;1-2H3. The van der Waals surface area contributed by atoms with Crippen LogP contribution in [0.15, 0.2) is 28.7 Å². The minimum absolute atomic E-state index is 0.548. The number of hydrogen-bond acceptors (Lipinski definition) is 2. The summed E-state index contributed by atoms with van der Waals surface area (Å²) in [7, 11) is 0. The Hall–Kier alpha value is -0.540. The quantitative estimate of drug-likeness (QED) is 0.889. The van der Waals surface area contributed by atoms with E-state index in [1.807, 2.05) is 38.1 Å². The topological polar surface area (TPSA) is 35.2 Å². The summed E-state index contributed by atoms with van der Waals surface area (Å²) in [5.74, 6) is 0.852. The number of ether oxygens (including phenoxy) is 1. The van der Waals surface area contributed by atoms with Crippen molar-refractivity contribution in [3.63, 3.8) is 0 Å². The fourth-order valence-electron chi connectivity index (χ4n) is 0.734. The summed E-state index contributed by atoms with van der Waals surface area (Å²) < 4.78 is 6.30. The lowest BCUT2D eigenvalue weighted by Gasteiger charge is -2.03. The third-order valence-electron chi connectivity index (χ3n) is 1.18. The Bertz CT molecular complexity index is 228. The molecule has 0 saturated carbocycles. The minimum Gasteiger partial charge on any atom is -0.492 e. The molecule has 0 aliphatic carbocycles. The van der Waals surface area contributed by atoms with Crippen LogP contribution < -0.4 is 10.5 Å². The SMILES string of the molecule is CC.NCCOc1cccc(Br)c1. The van der Waals surface area contributed by atoms with Gasteiger partial charge >= 0.3 is 0 Å². The lowest BCUT2D eigenvalue weighted by Crippen LogP contribution is -2.10. The zero-order valence-electron chi connectivity index (χ0n) is 8.09. The molecule has 0 saturated heterocycles. The molecule has 0 aliphatic rings. The molecule has 0 bridgehead atoms. The number of benzene rings is 1. The highest BCUT2D eigenvalue weighted by atomic mass is 79.9. The Labute approximate surface area is 88.2 Å². The predicted octanol–water partition coefficient (Wildman–Crippen LogP) is 2.81. The van der Waals surface area contributed by atoms with E-state index in [1.54, 1.807) is 0 Å². The van der Waals surface area contributed by atoms with Crippen molar-refractivity contribution in [1.82, 2.24) is 0 Å². The normalized spacial score (nSPS) is 8.62. The van der Waals surface area contributed by atoms with Gasteiger partial charge in [-0.3, -0.25) is 0 Å². The molecule has 0 unspecified atom stereocenters. The summed E-state index contributed by atoms with van der Waals surface area (Å²) in [6.45, 7) is 5.11. The van der Waals surface area contributed by atoms with Crippen LogP contribution in [0.25, 0.3) is 0 Å². The fourth-order valence-corrected chi connectivity index (χ4v) is 1.11. The molecule has 0 aromatic heterocycles. The average Bonchev–Trinajstić information content (AvgIpc) is 2.18. The van der Waals surface area contributed by atoms with E-state index in [-0.39, 0.29) is 0 Å². The lowest BCUT2D eigenvalue weighted by atomic mass is 10.3. The van der Waals surface area contributed by atoms with Gasteiger partial charge in [-0.1, -0.05) is 35.8 Å². The van der Waals surface area contributed by atoms with Gasteiger partial charge < -0.3 is 10.5 Å². The third-order valence-corrected chi connectivity index (χ3v) is 1.68. The zero-order valence-corrected chi connectivity index (χ0v) is 9.67. The third kappa shape index (κ3) is 5.66. The number of halogens is 1.